The Kier molecular flexibility index (Phi) is 3.93. The van der Waals surface area contributed by atoms with E-state index in [1.165, 1.54) is 11.3 Å². The van der Waals surface area contributed by atoms with Crippen molar-refractivity contribution in [2.75, 3.05) is 24.7 Å². The lowest BCUT2D eigenvalue weighted by atomic mass is 10.1. The molecule has 130 valence electrons. The molecular weight excluding hydrogens is 346 g/mol. The quantitative estimate of drug-likeness (QED) is 0.444. The number of anilines is 2. The minimum Gasteiger partial charge on any atom is -0.397 e. The van der Waals surface area contributed by atoms with Crippen LogP contribution in [-0.2, 0) is 0 Å². The molecule has 0 aliphatic rings. The zero-order valence-corrected chi connectivity index (χ0v) is 15.2. The topological polar surface area (TPSA) is 76.5 Å². The highest BCUT2D eigenvalue weighted by Crippen LogP contribution is 2.29. The molecule has 3 heterocycles. The number of fused-ring (bicyclic) bond motifs is 1. The zero-order valence-electron chi connectivity index (χ0n) is 14.4. The summed E-state index contributed by atoms with van der Waals surface area (Å²) in [6, 6.07) is 11.4. The fourth-order valence-corrected chi connectivity index (χ4v) is 3.61. The number of benzene rings is 1. The van der Waals surface area contributed by atoms with Crippen molar-refractivity contribution in [1.29, 1.82) is 0 Å². The fraction of sp³-hybridized carbons (Fsp3) is 0.105. The Bertz CT molecular complexity index is 1100. The summed E-state index contributed by atoms with van der Waals surface area (Å²) in [6.07, 6.45) is 3.26. The Morgan fingerprint density at radius 2 is 2.08 bits per heavy atom. The van der Waals surface area contributed by atoms with Gasteiger partial charge in [0.1, 0.15) is 0 Å². The molecule has 4 aromatic rings. The lowest BCUT2D eigenvalue weighted by Crippen LogP contribution is -2.11. The molecule has 0 aliphatic carbocycles. The lowest BCUT2D eigenvalue weighted by molar-refractivity contribution is 0.104. The van der Waals surface area contributed by atoms with Crippen molar-refractivity contribution in [1.82, 2.24) is 14.6 Å². The summed E-state index contributed by atoms with van der Waals surface area (Å²) in [5.41, 5.74) is 10.6. The molecule has 0 spiro atoms. The van der Waals surface area contributed by atoms with E-state index in [0.29, 0.717) is 21.8 Å². The Morgan fingerprint density at radius 1 is 1.23 bits per heavy atom. The molecule has 0 atom stereocenters. The fourth-order valence-electron chi connectivity index (χ4n) is 2.93. The van der Waals surface area contributed by atoms with Crippen LogP contribution in [0.5, 0.6) is 0 Å². The summed E-state index contributed by atoms with van der Waals surface area (Å²) < 4.78 is 1.69. The third kappa shape index (κ3) is 2.62. The first-order chi connectivity index (χ1) is 12.6. The number of nitrogens with zero attached hydrogens (tertiary/aromatic N) is 4. The molecule has 26 heavy (non-hydrogen) atoms. The first-order valence-electron chi connectivity index (χ1n) is 8.04. The molecule has 1 aromatic carbocycles. The van der Waals surface area contributed by atoms with Gasteiger partial charge in [0.15, 0.2) is 5.65 Å². The van der Waals surface area contributed by atoms with Gasteiger partial charge in [-0.25, -0.2) is 9.50 Å². The molecule has 0 saturated heterocycles. The van der Waals surface area contributed by atoms with Crippen molar-refractivity contribution in [2.45, 2.75) is 0 Å². The minimum absolute atomic E-state index is 0.0675. The summed E-state index contributed by atoms with van der Waals surface area (Å²) in [5.74, 6) is -0.0675. The van der Waals surface area contributed by atoms with Gasteiger partial charge in [-0.2, -0.15) is 5.10 Å². The molecule has 0 fully saturated rings. The average Bonchev–Trinajstić information content (AvgIpc) is 3.30. The van der Waals surface area contributed by atoms with E-state index in [1.807, 2.05) is 54.7 Å². The van der Waals surface area contributed by atoms with Gasteiger partial charge in [0, 0.05) is 25.9 Å². The third-order valence-electron chi connectivity index (χ3n) is 4.20. The van der Waals surface area contributed by atoms with Crippen LogP contribution in [0.25, 0.3) is 16.9 Å². The predicted octanol–water partition coefficient (Wildman–Crippen LogP) is 3.34. The van der Waals surface area contributed by atoms with Crippen molar-refractivity contribution in [3.05, 3.63) is 64.6 Å². The predicted molar refractivity (Wildman–Crippen MR) is 105 cm³/mol. The number of nitrogens with two attached hydrogens (primary N) is 1. The minimum atomic E-state index is -0.0675. The van der Waals surface area contributed by atoms with E-state index in [0.717, 1.165) is 16.9 Å². The lowest BCUT2D eigenvalue weighted by Gasteiger charge is -2.16. The van der Waals surface area contributed by atoms with E-state index < -0.39 is 0 Å². The summed E-state index contributed by atoms with van der Waals surface area (Å²) >= 11 is 1.41. The number of aromatic nitrogens is 3. The molecule has 2 N–H and O–H groups in total. The van der Waals surface area contributed by atoms with Gasteiger partial charge in [0.2, 0.25) is 5.78 Å². The molecule has 3 aromatic heterocycles. The summed E-state index contributed by atoms with van der Waals surface area (Å²) in [6.45, 7) is 0. The van der Waals surface area contributed by atoms with Gasteiger partial charge in [-0.15, -0.1) is 11.3 Å². The Hall–Kier alpha value is -3.19. The van der Waals surface area contributed by atoms with E-state index in [1.54, 1.807) is 23.0 Å². The van der Waals surface area contributed by atoms with Gasteiger partial charge >= 0.3 is 0 Å². The maximum absolute atomic E-state index is 12.7. The molecule has 0 saturated carbocycles. The second-order valence-corrected chi connectivity index (χ2v) is 7.05. The van der Waals surface area contributed by atoms with Crippen LogP contribution in [0.4, 0.5) is 11.4 Å². The van der Waals surface area contributed by atoms with Crippen molar-refractivity contribution in [3.8, 4) is 11.3 Å². The molecule has 6 nitrogen and oxygen atoms in total. The van der Waals surface area contributed by atoms with Crippen LogP contribution >= 0.6 is 11.3 Å². The van der Waals surface area contributed by atoms with E-state index in [2.05, 4.69) is 10.1 Å². The van der Waals surface area contributed by atoms with Crippen LogP contribution < -0.4 is 10.6 Å². The van der Waals surface area contributed by atoms with Gasteiger partial charge in [0.25, 0.3) is 0 Å². The standard InChI is InChI=1S/C19H17N5OS/c1-23(2)16-6-5-12(10-14(16)20)15-7-8-21-19-13(11-22-24(15)19)18(25)17-4-3-9-26-17/h3-11H,20H2,1-2H3. The second kappa shape index (κ2) is 6.27. The van der Waals surface area contributed by atoms with Gasteiger partial charge in [0.05, 0.1) is 33.7 Å². The Morgan fingerprint density at radius 3 is 2.77 bits per heavy atom. The van der Waals surface area contributed by atoms with E-state index in [-0.39, 0.29) is 5.78 Å². The number of hydrogen-bond acceptors (Lipinski definition) is 6. The van der Waals surface area contributed by atoms with Gasteiger partial charge in [-0.05, 0) is 29.6 Å². The normalized spacial score (nSPS) is 11.0. The number of carbonyl (C=O) groups excluding carboxylic acids is 1. The van der Waals surface area contributed by atoms with Crippen LogP contribution in [0.15, 0.2) is 54.2 Å². The highest BCUT2D eigenvalue weighted by atomic mass is 32.1. The highest BCUT2D eigenvalue weighted by Gasteiger charge is 2.18. The van der Waals surface area contributed by atoms with Gasteiger partial charge in [-0.3, -0.25) is 4.79 Å². The average molecular weight is 363 g/mol. The number of carbonyl (C=O) groups is 1. The first-order valence-corrected chi connectivity index (χ1v) is 8.92. The monoisotopic (exact) mass is 363 g/mol. The summed E-state index contributed by atoms with van der Waals surface area (Å²) in [4.78, 5) is 19.7. The molecule has 0 aliphatic heterocycles. The van der Waals surface area contributed by atoms with Crippen molar-refractivity contribution >= 4 is 34.1 Å². The molecule has 0 unspecified atom stereocenters. The maximum atomic E-state index is 12.7. The summed E-state index contributed by atoms with van der Waals surface area (Å²) in [7, 11) is 3.90. The molecule has 0 amide bonds. The van der Waals surface area contributed by atoms with Gasteiger partial charge in [-0.1, -0.05) is 12.1 Å². The molecule has 7 heteroatoms. The van der Waals surface area contributed by atoms with Crippen LogP contribution in [0, 0.1) is 0 Å². The Balaban J connectivity index is 1.83. The zero-order chi connectivity index (χ0) is 18.3. The van der Waals surface area contributed by atoms with Crippen LogP contribution in [0.3, 0.4) is 0 Å². The van der Waals surface area contributed by atoms with Crippen LogP contribution in [0.1, 0.15) is 15.2 Å². The number of hydrogen-bond donors (Lipinski definition) is 1. The van der Waals surface area contributed by atoms with E-state index >= 15 is 0 Å². The highest BCUT2D eigenvalue weighted by molar-refractivity contribution is 7.12. The van der Waals surface area contributed by atoms with Crippen molar-refractivity contribution < 1.29 is 4.79 Å². The number of rotatable bonds is 4. The third-order valence-corrected chi connectivity index (χ3v) is 5.06. The van der Waals surface area contributed by atoms with Crippen LogP contribution in [-0.4, -0.2) is 34.5 Å². The number of nitrogen functional groups attached to an aromatic ring is 1. The number of ketones is 1. The van der Waals surface area contributed by atoms with E-state index in [4.69, 9.17) is 5.73 Å². The maximum Gasteiger partial charge on any atom is 0.208 e. The molecule has 0 radical (unpaired) electrons. The smallest absolute Gasteiger partial charge is 0.208 e. The largest absolute Gasteiger partial charge is 0.397 e. The van der Waals surface area contributed by atoms with Gasteiger partial charge < -0.3 is 10.6 Å². The molecule has 4 rings (SSSR count). The molecular formula is C19H17N5OS. The number of thiophene rings is 1. The first kappa shape index (κ1) is 16.3. The Labute approximate surface area is 154 Å². The second-order valence-electron chi connectivity index (χ2n) is 6.10. The molecule has 0 bridgehead atoms. The van der Waals surface area contributed by atoms with Crippen LogP contribution in [0.2, 0.25) is 0 Å². The summed E-state index contributed by atoms with van der Waals surface area (Å²) in [5, 5.41) is 6.28. The van der Waals surface area contributed by atoms with E-state index in [9.17, 15) is 4.79 Å². The SMILES string of the molecule is CN(C)c1ccc(-c2ccnc3c(C(=O)c4cccs4)cnn23)cc1N. The van der Waals surface area contributed by atoms with Crippen molar-refractivity contribution in [2.24, 2.45) is 0 Å². The van der Waals surface area contributed by atoms with Crippen molar-refractivity contribution in [3.63, 3.8) is 0 Å².